The lowest BCUT2D eigenvalue weighted by atomic mass is 10.0. The van der Waals surface area contributed by atoms with E-state index in [9.17, 15) is 4.79 Å². The molecule has 0 saturated heterocycles. The van der Waals surface area contributed by atoms with Crippen molar-refractivity contribution >= 4 is 23.2 Å². The number of alkyl halides is 1. The highest BCUT2D eigenvalue weighted by Crippen LogP contribution is 2.39. The van der Waals surface area contributed by atoms with Gasteiger partial charge in [-0.1, -0.05) is 67.1 Å². The Morgan fingerprint density at radius 2 is 1.55 bits per heavy atom. The summed E-state index contributed by atoms with van der Waals surface area (Å²) in [6.45, 7) is 3.53. The molecule has 2 aromatic carbocycles. The summed E-state index contributed by atoms with van der Waals surface area (Å²) in [7, 11) is 0. The number of para-hydroxylation sites is 1. The molecule has 0 aliphatic rings. The molecule has 0 fully saturated rings. The Balaban J connectivity index is 2.54. The lowest BCUT2D eigenvalue weighted by molar-refractivity contribution is -0.117. The van der Waals surface area contributed by atoms with Crippen molar-refractivity contribution in [2.75, 3.05) is 4.90 Å². The predicted octanol–water partition coefficient (Wildman–Crippen LogP) is 4.54. The van der Waals surface area contributed by atoms with E-state index >= 15 is 0 Å². The summed E-state index contributed by atoms with van der Waals surface area (Å²) < 4.78 is 0. The van der Waals surface area contributed by atoms with Crippen LogP contribution in [0.1, 0.15) is 25.8 Å². The third kappa shape index (κ3) is 2.70. The standard InChI is InChI=1S/C17H18ClNO/c1-3-17(18,15-10-6-4-7-11-15)19(14(2)20)16-12-8-5-9-13-16/h4-13H,3H2,1-2H3. The molecule has 0 aliphatic heterocycles. The van der Waals surface area contributed by atoms with E-state index in [2.05, 4.69) is 0 Å². The number of carbonyl (C=O) groups is 1. The third-order valence-electron chi connectivity index (χ3n) is 3.37. The maximum Gasteiger partial charge on any atom is 0.225 e. The van der Waals surface area contributed by atoms with Gasteiger partial charge in [-0.15, -0.1) is 0 Å². The van der Waals surface area contributed by atoms with E-state index in [0.717, 1.165) is 11.3 Å². The molecule has 1 amide bonds. The monoisotopic (exact) mass is 287 g/mol. The molecule has 104 valence electrons. The number of hydrogen-bond acceptors (Lipinski definition) is 1. The molecule has 2 rings (SSSR count). The van der Waals surface area contributed by atoms with Gasteiger partial charge in [-0.25, -0.2) is 0 Å². The van der Waals surface area contributed by atoms with Crippen LogP contribution in [0.25, 0.3) is 0 Å². The largest absolute Gasteiger partial charge is 0.289 e. The van der Waals surface area contributed by atoms with Crippen molar-refractivity contribution in [2.45, 2.75) is 25.3 Å². The van der Waals surface area contributed by atoms with Crippen molar-refractivity contribution in [3.8, 4) is 0 Å². The average Bonchev–Trinajstić information content (AvgIpc) is 2.49. The molecule has 0 N–H and O–H groups in total. The number of rotatable bonds is 4. The van der Waals surface area contributed by atoms with Crippen LogP contribution in [-0.2, 0) is 9.79 Å². The summed E-state index contributed by atoms with van der Waals surface area (Å²) in [5, 5.41) is 0. The summed E-state index contributed by atoms with van der Waals surface area (Å²) >= 11 is 6.85. The quantitative estimate of drug-likeness (QED) is 0.597. The van der Waals surface area contributed by atoms with Gasteiger partial charge in [-0.05, 0) is 24.1 Å². The van der Waals surface area contributed by atoms with Gasteiger partial charge < -0.3 is 0 Å². The second-order valence-electron chi connectivity index (χ2n) is 4.67. The summed E-state index contributed by atoms with van der Waals surface area (Å²) in [5.74, 6) is -0.0723. The van der Waals surface area contributed by atoms with Crippen LogP contribution in [0.15, 0.2) is 60.7 Å². The Kier molecular flexibility index (Phi) is 4.46. The van der Waals surface area contributed by atoms with E-state index in [0.29, 0.717) is 6.42 Å². The number of amides is 1. The number of anilines is 1. The highest BCUT2D eigenvalue weighted by Gasteiger charge is 2.37. The van der Waals surface area contributed by atoms with Crippen LogP contribution < -0.4 is 4.90 Å². The molecule has 0 aliphatic carbocycles. The Bertz CT molecular complexity index is 570. The zero-order chi connectivity index (χ0) is 14.6. The van der Waals surface area contributed by atoms with Gasteiger partial charge in [0.1, 0.15) is 5.00 Å². The van der Waals surface area contributed by atoms with Gasteiger partial charge in [0.2, 0.25) is 5.91 Å². The molecule has 0 heterocycles. The molecule has 3 heteroatoms. The normalized spacial score (nSPS) is 13.6. The van der Waals surface area contributed by atoms with Crippen molar-refractivity contribution in [3.05, 3.63) is 66.2 Å². The molecule has 1 unspecified atom stereocenters. The molecule has 20 heavy (non-hydrogen) atoms. The SMILES string of the molecule is CCC(Cl)(c1ccccc1)N(C(C)=O)c1ccccc1. The first-order valence-electron chi connectivity index (χ1n) is 6.70. The smallest absolute Gasteiger partial charge is 0.225 e. The predicted molar refractivity (Wildman–Crippen MR) is 83.9 cm³/mol. The van der Waals surface area contributed by atoms with Crippen molar-refractivity contribution in [2.24, 2.45) is 0 Å². The summed E-state index contributed by atoms with van der Waals surface area (Å²) in [5.41, 5.74) is 1.73. The topological polar surface area (TPSA) is 20.3 Å². The Morgan fingerprint density at radius 1 is 1.05 bits per heavy atom. The zero-order valence-corrected chi connectivity index (χ0v) is 12.5. The zero-order valence-electron chi connectivity index (χ0n) is 11.7. The Labute approximate surface area is 125 Å². The lowest BCUT2D eigenvalue weighted by Gasteiger charge is -2.38. The van der Waals surface area contributed by atoms with Crippen LogP contribution in [-0.4, -0.2) is 5.91 Å². The third-order valence-corrected chi connectivity index (χ3v) is 4.02. The fourth-order valence-electron chi connectivity index (χ4n) is 2.40. The van der Waals surface area contributed by atoms with Crippen molar-refractivity contribution in [1.29, 1.82) is 0 Å². The van der Waals surface area contributed by atoms with Gasteiger partial charge >= 0.3 is 0 Å². The molecular weight excluding hydrogens is 270 g/mol. The van der Waals surface area contributed by atoms with Crippen molar-refractivity contribution in [1.82, 2.24) is 0 Å². The van der Waals surface area contributed by atoms with Gasteiger partial charge in [-0.2, -0.15) is 0 Å². The fraction of sp³-hybridized carbons (Fsp3) is 0.235. The first-order chi connectivity index (χ1) is 9.59. The number of carbonyl (C=O) groups excluding carboxylic acids is 1. The second-order valence-corrected chi connectivity index (χ2v) is 5.29. The first kappa shape index (κ1) is 14.6. The van der Waals surface area contributed by atoms with Gasteiger partial charge in [0.15, 0.2) is 0 Å². The summed E-state index contributed by atoms with van der Waals surface area (Å²) in [6.07, 6.45) is 0.618. The van der Waals surface area contributed by atoms with E-state index < -0.39 is 5.00 Å². The van der Waals surface area contributed by atoms with E-state index in [1.807, 2.05) is 67.6 Å². The van der Waals surface area contributed by atoms with Gasteiger partial charge in [0.25, 0.3) is 0 Å². The molecule has 0 spiro atoms. The molecule has 0 aromatic heterocycles. The van der Waals surface area contributed by atoms with Crippen LogP contribution in [0.5, 0.6) is 0 Å². The van der Waals surface area contributed by atoms with Crippen molar-refractivity contribution in [3.63, 3.8) is 0 Å². The van der Waals surface area contributed by atoms with E-state index in [1.54, 1.807) is 11.8 Å². The van der Waals surface area contributed by atoms with E-state index in [4.69, 9.17) is 11.6 Å². The van der Waals surface area contributed by atoms with Crippen LogP contribution in [0, 0.1) is 0 Å². The minimum atomic E-state index is -0.867. The molecule has 2 aromatic rings. The van der Waals surface area contributed by atoms with Crippen LogP contribution >= 0.6 is 11.6 Å². The molecule has 2 nitrogen and oxygen atoms in total. The molecule has 0 radical (unpaired) electrons. The van der Waals surface area contributed by atoms with Gasteiger partial charge in [0.05, 0.1) is 0 Å². The Hall–Kier alpha value is -1.80. The summed E-state index contributed by atoms with van der Waals surface area (Å²) in [4.78, 5) is 13.0. The highest BCUT2D eigenvalue weighted by atomic mass is 35.5. The molecular formula is C17H18ClNO. The summed E-state index contributed by atoms with van der Waals surface area (Å²) in [6, 6.07) is 19.3. The van der Waals surface area contributed by atoms with Crippen molar-refractivity contribution < 1.29 is 4.79 Å². The lowest BCUT2D eigenvalue weighted by Crippen LogP contribution is -2.44. The first-order valence-corrected chi connectivity index (χ1v) is 7.07. The molecule has 0 bridgehead atoms. The van der Waals surface area contributed by atoms with E-state index in [1.165, 1.54) is 0 Å². The fourth-order valence-corrected chi connectivity index (χ4v) is 2.74. The van der Waals surface area contributed by atoms with Crippen LogP contribution in [0.3, 0.4) is 0 Å². The van der Waals surface area contributed by atoms with Crippen LogP contribution in [0.4, 0.5) is 5.69 Å². The Morgan fingerprint density at radius 3 is 2.00 bits per heavy atom. The number of hydrogen-bond donors (Lipinski definition) is 0. The van der Waals surface area contributed by atoms with Gasteiger partial charge in [-0.3, -0.25) is 9.69 Å². The number of benzene rings is 2. The maximum atomic E-state index is 12.2. The number of halogens is 1. The average molecular weight is 288 g/mol. The van der Waals surface area contributed by atoms with Gasteiger partial charge in [0, 0.05) is 12.6 Å². The minimum absolute atomic E-state index is 0.0723. The van der Waals surface area contributed by atoms with Crippen LogP contribution in [0.2, 0.25) is 0 Å². The van der Waals surface area contributed by atoms with E-state index in [-0.39, 0.29) is 5.91 Å². The highest BCUT2D eigenvalue weighted by molar-refractivity contribution is 6.27. The second kappa shape index (κ2) is 6.10. The molecule has 0 saturated carbocycles. The molecule has 1 atom stereocenters. The minimum Gasteiger partial charge on any atom is -0.289 e. The number of nitrogens with zero attached hydrogens (tertiary/aromatic N) is 1. The maximum absolute atomic E-state index is 12.2.